The first-order chi connectivity index (χ1) is 8.74. The second kappa shape index (κ2) is 4.23. The fourth-order valence-corrected chi connectivity index (χ4v) is 2.18. The fraction of sp³-hybridized carbons (Fsp3) is 0.0833. The molecule has 18 heavy (non-hydrogen) atoms. The molecule has 0 unspecified atom stereocenters. The molecule has 0 saturated heterocycles. The molecule has 0 aliphatic rings. The third-order valence-corrected chi connectivity index (χ3v) is 3.38. The molecule has 0 atom stereocenters. The van der Waals surface area contributed by atoms with Crippen LogP contribution in [0.15, 0.2) is 45.2 Å². The van der Waals surface area contributed by atoms with Gasteiger partial charge in [-0.2, -0.15) is 4.98 Å². The van der Waals surface area contributed by atoms with Crippen molar-refractivity contribution in [2.45, 2.75) is 0 Å². The Morgan fingerprint density at radius 3 is 3.00 bits per heavy atom. The van der Waals surface area contributed by atoms with Crippen molar-refractivity contribution in [3.8, 4) is 22.2 Å². The maximum absolute atomic E-state index is 11.5. The highest BCUT2D eigenvalue weighted by molar-refractivity contribution is 7.13. The predicted molar refractivity (Wildman–Crippen MR) is 68.3 cm³/mol. The van der Waals surface area contributed by atoms with Gasteiger partial charge in [-0.1, -0.05) is 11.2 Å². The summed E-state index contributed by atoms with van der Waals surface area (Å²) in [5.41, 5.74) is 0.525. The van der Waals surface area contributed by atoms with Crippen molar-refractivity contribution >= 4 is 11.3 Å². The lowest BCUT2D eigenvalue weighted by Gasteiger charge is -1.96. The van der Waals surface area contributed by atoms with Crippen LogP contribution in [-0.2, 0) is 7.05 Å². The number of rotatable bonds is 2. The Morgan fingerprint density at radius 2 is 2.28 bits per heavy atom. The van der Waals surface area contributed by atoms with E-state index in [0.717, 1.165) is 4.88 Å². The van der Waals surface area contributed by atoms with Gasteiger partial charge < -0.3 is 9.09 Å². The van der Waals surface area contributed by atoms with Crippen LogP contribution in [0.1, 0.15) is 0 Å². The second-order valence-electron chi connectivity index (χ2n) is 3.76. The van der Waals surface area contributed by atoms with Gasteiger partial charge in [-0.15, -0.1) is 11.3 Å². The molecular weight excluding hydrogens is 250 g/mol. The molecule has 0 radical (unpaired) electrons. The third-order valence-electron chi connectivity index (χ3n) is 2.52. The van der Waals surface area contributed by atoms with Gasteiger partial charge in [-0.05, 0) is 17.5 Å². The zero-order valence-corrected chi connectivity index (χ0v) is 10.3. The highest BCUT2D eigenvalue weighted by atomic mass is 32.1. The van der Waals surface area contributed by atoms with Crippen LogP contribution in [0.5, 0.6) is 0 Å². The Kier molecular flexibility index (Phi) is 2.56. The van der Waals surface area contributed by atoms with E-state index in [-0.39, 0.29) is 5.56 Å². The monoisotopic (exact) mass is 259 g/mol. The molecule has 0 N–H and O–H groups in total. The van der Waals surface area contributed by atoms with Crippen molar-refractivity contribution in [1.29, 1.82) is 0 Å². The SMILES string of the molecule is Cn1ccc(-c2nc(-c3cccs3)no2)cc1=O. The average molecular weight is 259 g/mol. The van der Waals surface area contributed by atoms with Gasteiger partial charge in [0.15, 0.2) is 0 Å². The largest absolute Gasteiger partial charge is 0.334 e. The second-order valence-corrected chi connectivity index (χ2v) is 4.71. The van der Waals surface area contributed by atoms with Crippen molar-refractivity contribution in [1.82, 2.24) is 14.7 Å². The zero-order valence-electron chi connectivity index (χ0n) is 9.53. The first-order valence-electron chi connectivity index (χ1n) is 5.29. The minimum absolute atomic E-state index is 0.108. The van der Waals surface area contributed by atoms with E-state index in [2.05, 4.69) is 10.1 Å². The number of hydrogen-bond acceptors (Lipinski definition) is 5. The molecule has 3 aromatic rings. The molecule has 3 rings (SSSR count). The quantitative estimate of drug-likeness (QED) is 0.707. The first-order valence-corrected chi connectivity index (χ1v) is 6.16. The lowest BCUT2D eigenvalue weighted by Crippen LogP contribution is -2.14. The number of hydrogen-bond donors (Lipinski definition) is 0. The van der Waals surface area contributed by atoms with E-state index in [0.29, 0.717) is 17.3 Å². The molecule has 3 heterocycles. The predicted octanol–water partition coefficient (Wildman–Crippen LogP) is 2.16. The Morgan fingerprint density at radius 1 is 1.39 bits per heavy atom. The minimum atomic E-state index is -0.108. The molecule has 0 aliphatic heterocycles. The fourth-order valence-electron chi connectivity index (χ4n) is 1.53. The Labute approximate surface area is 106 Å². The van der Waals surface area contributed by atoms with Crippen molar-refractivity contribution in [3.63, 3.8) is 0 Å². The minimum Gasteiger partial charge on any atom is -0.334 e. The molecule has 0 aromatic carbocycles. The van der Waals surface area contributed by atoms with Gasteiger partial charge in [0.1, 0.15) is 0 Å². The molecule has 0 saturated carbocycles. The third kappa shape index (κ3) is 1.86. The topological polar surface area (TPSA) is 60.9 Å². The molecule has 0 amide bonds. The van der Waals surface area contributed by atoms with E-state index in [9.17, 15) is 4.79 Å². The van der Waals surface area contributed by atoms with E-state index < -0.39 is 0 Å². The number of thiophene rings is 1. The van der Waals surface area contributed by atoms with Gasteiger partial charge in [-0.25, -0.2) is 0 Å². The maximum Gasteiger partial charge on any atom is 0.258 e. The van der Waals surface area contributed by atoms with Gasteiger partial charge in [0.25, 0.3) is 11.4 Å². The smallest absolute Gasteiger partial charge is 0.258 e. The molecule has 3 aromatic heterocycles. The van der Waals surface area contributed by atoms with Crippen LogP contribution in [0.4, 0.5) is 0 Å². The van der Waals surface area contributed by atoms with E-state index in [1.807, 2.05) is 17.5 Å². The normalized spacial score (nSPS) is 10.7. The summed E-state index contributed by atoms with van der Waals surface area (Å²) in [6.45, 7) is 0. The van der Waals surface area contributed by atoms with Crippen LogP contribution in [-0.4, -0.2) is 14.7 Å². The van der Waals surface area contributed by atoms with Gasteiger partial charge in [0, 0.05) is 24.9 Å². The summed E-state index contributed by atoms with van der Waals surface area (Å²) in [5, 5.41) is 5.85. The summed E-state index contributed by atoms with van der Waals surface area (Å²) in [7, 11) is 1.69. The van der Waals surface area contributed by atoms with Crippen molar-refractivity contribution in [2.24, 2.45) is 7.05 Å². The lowest BCUT2D eigenvalue weighted by atomic mass is 10.2. The van der Waals surface area contributed by atoms with Gasteiger partial charge in [0.05, 0.1) is 4.88 Å². The first kappa shape index (κ1) is 10.9. The van der Waals surface area contributed by atoms with E-state index in [1.54, 1.807) is 19.3 Å². The number of aromatic nitrogens is 3. The summed E-state index contributed by atoms with van der Waals surface area (Å²) >= 11 is 1.54. The van der Waals surface area contributed by atoms with Gasteiger partial charge >= 0.3 is 0 Å². The summed E-state index contributed by atoms with van der Waals surface area (Å²) in [6.07, 6.45) is 1.67. The summed E-state index contributed by atoms with van der Waals surface area (Å²) in [4.78, 5) is 16.7. The van der Waals surface area contributed by atoms with E-state index in [4.69, 9.17) is 4.52 Å². The molecular formula is C12H9N3O2S. The van der Waals surface area contributed by atoms with Crippen LogP contribution in [0.3, 0.4) is 0 Å². The number of aryl methyl sites for hydroxylation is 1. The summed E-state index contributed by atoms with van der Waals surface area (Å²) in [6, 6.07) is 7.09. The molecule has 5 nitrogen and oxygen atoms in total. The van der Waals surface area contributed by atoms with Crippen LogP contribution < -0.4 is 5.56 Å². The Balaban J connectivity index is 2.03. The van der Waals surface area contributed by atoms with Crippen molar-refractivity contribution in [3.05, 3.63) is 46.2 Å². The van der Waals surface area contributed by atoms with Gasteiger partial charge in [-0.3, -0.25) is 4.79 Å². The van der Waals surface area contributed by atoms with E-state index in [1.165, 1.54) is 22.0 Å². The highest BCUT2D eigenvalue weighted by Gasteiger charge is 2.11. The van der Waals surface area contributed by atoms with Crippen molar-refractivity contribution < 1.29 is 4.52 Å². The van der Waals surface area contributed by atoms with Crippen LogP contribution in [0, 0.1) is 0 Å². The summed E-state index contributed by atoms with van der Waals surface area (Å²) in [5.74, 6) is 0.900. The molecule has 0 fully saturated rings. The molecule has 0 aliphatic carbocycles. The van der Waals surface area contributed by atoms with Crippen LogP contribution in [0.25, 0.3) is 22.2 Å². The highest BCUT2D eigenvalue weighted by Crippen LogP contribution is 2.24. The number of pyridine rings is 1. The summed E-state index contributed by atoms with van der Waals surface area (Å²) < 4.78 is 6.65. The molecule has 6 heteroatoms. The Bertz CT molecular complexity index is 728. The zero-order chi connectivity index (χ0) is 12.5. The maximum atomic E-state index is 11.5. The Hall–Kier alpha value is -2.21. The average Bonchev–Trinajstić information content (AvgIpc) is 3.01. The lowest BCUT2D eigenvalue weighted by molar-refractivity contribution is 0.432. The standard InChI is InChI=1S/C12H9N3O2S/c1-15-5-4-8(7-10(15)16)12-13-11(14-17-12)9-3-2-6-18-9/h2-7H,1H3. The molecule has 0 spiro atoms. The van der Waals surface area contributed by atoms with Gasteiger partial charge in [0.2, 0.25) is 5.82 Å². The molecule has 0 bridgehead atoms. The number of nitrogens with zero attached hydrogens (tertiary/aromatic N) is 3. The molecule has 90 valence electrons. The van der Waals surface area contributed by atoms with E-state index >= 15 is 0 Å². The van der Waals surface area contributed by atoms with Crippen molar-refractivity contribution in [2.75, 3.05) is 0 Å². The van der Waals surface area contributed by atoms with Crippen LogP contribution in [0.2, 0.25) is 0 Å². The van der Waals surface area contributed by atoms with Crippen LogP contribution >= 0.6 is 11.3 Å².